The van der Waals surface area contributed by atoms with E-state index >= 15 is 0 Å². The Balaban J connectivity index is 1.33. The predicted molar refractivity (Wildman–Crippen MR) is 77.6 cm³/mol. The van der Waals surface area contributed by atoms with Gasteiger partial charge in [0.15, 0.2) is 0 Å². The molecule has 0 aromatic carbocycles. The van der Waals surface area contributed by atoms with Gasteiger partial charge in [-0.25, -0.2) is 0 Å². The van der Waals surface area contributed by atoms with Crippen molar-refractivity contribution in [1.29, 1.82) is 0 Å². The zero-order valence-corrected chi connectivity index (χ0v) is 11.9. The highest BCUT2D eigenvalue weighted by atomic mass is 16.5. The lowest BCUT2D eigenvalue weighted by molar-refractivity contribution is -0.0479. The van der Waals surface area contributed by atoms with E-state index in [1.165, 1.54) is 37.1 Å². The van der Waals surface area contributed by atoms with E-state index in [-0.39, 0.29) is 0 Å². The van der Waals surface area contributed by atoms with Crippen molar-refractivity contribution in [2.24, 2.45) is 0 Å². The average Bonchev–Trinajstić information content (AvgIpc) is 3.11. The molecule has 0 radical (unpaired) electrons. The van der Waals surface area contributed by atoms with Crippen molar-refractivity contribution in [3.63, 3.8) is 0 Å². The van der Waals surface area contributed by atoms with Crippen molar-refractivity contribution in [3.05, 3.63) is 29.6 Å². The van der Waals surface area contributed by atoms with Gasteiger partial charge in [0, 0.05) is 25.3 Å². The van der Waals surface area contributed by atoms with E-state index in [1.54, 1.807) is 0 Å². The summed E-state index contributed by atoms with van der Waals surface area (Å²) in [7, 11) is 0. The summed E-state index contributed by atoms with van der Waals surface area (Å²) >= 11 is 0. The third kappa shape index (κ3) is 2.36. The Morgan fingerprint density at radius 2 is 2.40 bits per heavy atom. The molecule has 4 rings (SSSR count). The number of ether oxygens (including phenoxy) is 1. The minimum Gasteiger partial charge on any atom is -0.374 e. The highest BCUT2D eigenvalue weighted by Gasteiger charge is 2.32. The van der Waals surface area contributed by atoms with Crippen LogP contribution in [0, 0.1) is 0 Å². The van der Waals surface area contributed by atoms with Gasteiger partial charge in [-0.1, -0.05) is 6.07 Å². The van der Waals surface area contributed by atoms with E-state index in [0.29, 0.717) is 18.2 Å². The SMILES string of the molecule is c1cnc2c(c1)CCC2NCC1CN2CCCC2CO1. The number of aryl methyl sites for hydroxylation is 1. The summed E-state index contributed by atoms with van der Waals surface area (Å²) in [6.07, 6.45) is 7.24. The Morgan fingerprint density at radius 3 is 3.40 bits per heavy atom. The molecule has 3 heterocycles. The zero-order chi connectivity index (χ0) is 13.4. The summed E-state index contributed by atoms with van der Waals surface area (Å²) in [5, 5.41) is 3.67. The van der Waals surface area contributed by atoms with Crippen molar-refractivity contribution < 1.29 is 4.74 Å². The topological polar surface area (TPSA) is 37.4 Å². The van der Waals surface area contributed by atoms with Crippen molar-refractivity contribution in [1.82, 2.24) is 15.2 Å². The Hall–Kier alpha value is -0.970. The van der Waals surface area contributed by atoms with E-state index in [2.05, 4.69) is 21.3 Å². The number of hydrogen-bond acceptors (Lipinski definition) is 4. The number of fused-ring (bicyclic) bond motifs is 2. The van der Waals surface area contributed by atoms with E-state index in [4.69, 9.17) is 4.74 Å². The minimum atomic E-state index is 0.345. The van der Waals surface area contributed by atoms with Gasteiger partial charge in [-0.3, -0.25) is 9.88 Å². The Kier molecular flexibility index (Phi) is 3.46. The second-order valence-electron chi connectivity index (χ2n) is 6.29. The molecule has 3 aliphatic rings. The first-order valence-corrected chi connectivity index (χ1v) is 7.93. The van der Waals surface area contributed by atoms with Crippen molar-refractivity contribution >= 4 is 0 Å². The number of nitrogens with zero attached hydrogens (tertiary/aromatic N) is 2. The molecule has 3 atom stereocenters. The predicted octanol–water partition coefficient (Wildman–Crippen LogP) is 1.52. The number of hydrogen-bond donors (Lipinski definition) is 1. The van der Waals surface area contributed by atoms with Gasteiger partial charge < -0.3 is 10.1 Å². The van der Waals surface area contributed by atoms with Gasteiger partial charge in [0.05, 0.1) is 24.4 Å². The van der Waals surface area contributed by atoms with Crippen LogP contribution in [0.15, 0.2) is 18.3 Å². The first kappa shape index (κ1) is 12.7. The third-order valence-corrected chi connectivity index (χ3v) is 5.01. The molecule has 20 heavy (non-hydrogen) atoms. The molecule has 0 spiro atoms. The minimum absolute atomic E-state index is 0.345. The van der Waals surface area contributed by atoms with Crippen molar-refractivity contribution in [2.45, 2.75) is 43.9 Å². The van der Waals surface area contributed by atoms with Gasteiger partial charge in [0.2, 0.25) is 0 Å². The van der Waals surface area contributed by atoms with Gasteiger partial charge >= 0.3 is 0 Å². The molecule has 1 aromatic heterocycles. The molecule has 2 fully saturated rings. The fraction of sp³-hybridized carbons (Fsp3) is 0.688. The molecule has 0 saturated carbocycles. The summed E-state index contributed by atoms with van der Waals surface area (Å²) < 4.78 is 6.02. The quantitative estimate of drug-likeness (QED) is 0.906. The number of rotatable bonds is 3. The Bertz CT molecular complexity index is 479. The first-order chi connectivity index (χ1) is 9.90. The van der Waals surface area contributed by atoms with Crippen LogP contribution in [-0.4, -0.2) is 48.3 Å². The van der Waals surface area contributed by atoms with Crippen LogP contribution in [0.25, 0.3) is 0 Å². The van der Waals surface area contributed by atoms with E-state index in [0.717, 1.165) is 26.1 Å². The molecule has 3 unspecified atom stereocenters. The smallest absolute Gasteiger partial charge is 0.0827 e. The lowest BCUT2D eigenvalue weighted by Crippen LogP contribution is -2.49. The average molecular weight is 273 g/mol. The van der Waals surface area contributed by atoms with Crippen LogP contribution in [0.2, 0.25) is 0 Å². The molecule has 1 aliphatic carbocycles. The van der Waals surface area contributed by atoms with Gasteiger partial charge in [0.25, 0.3) is 0 Å². The summed E-state index contributed by atoms with van der Waals surface area (Å²) in [6, 6.07) is 5.36. The van der Waals surface area contributed by atoms with Crippen LogP contribution in [0.3, 0.4) is 0 Å². The summed E-state index contributed by atoms with van der Waals surface area (Å²) in [6.45, 7) is 4.23. The molecular weight excluding hydrogens is 250 g/mol. The number of nitrogens with one attached hydrogen (secondary N) is 1. The van der Waals surface area contributed by atoms with E-state index in [9.17, 15) is 0 Å². The van der Waals surface area contributed by atoms with E-state index < -0.39 is 0 Å². The van der Waals surface area contributed by atoms with Crippen LogP contribution in [0.1, 0.15) is 36.6 Å². The fourth-order valence-corrected chi connectivity index (χ4v) is 3.89. The number of aromatic nitrogens is 1. The maximum atomic E-state index is 6.02. The standard InChI is InChI=1S/C16H23N3O/c1-3-12-5-6-15(16(12)17-7-1)18-9-14-10-19-8-2-4-13(19)11-20-14/h1,3,7,13-15,18H,2,4-6,8-11H2. The molecule has 1 aromatic rings. The van der Waals surface area contributed by atoms with Gasteiger partial charge in [-0.15, -0.1) is 0 Å². The lowest BCUT2D eigenvalue weighted by Gasteiger charge is -2.35. The molecule has 2 saturated heterocycles. The van der Waals surface area contributed by atoms with Crippen molar-refractivity contribution in [3.8, 4) is 0 Å². The van der Waals surface area contributed by atoms with Gasteiger partial charge in [-0.2, -0.15) is 0 Å². The van der Waals surface area contributed by atoms with Gasteiger partial charge in [-0.05, 0) is 43.9 Å². The largest absolute Gasteiger partial charge is 0.374 e. The molecule has 1 N–H and O–H groups in total. The maximum absolute atomic E-state index is 6.02. The number of pyridine rings is 1. The van der Waals surface area contributed by atoms with Crippen LogP contribution < -0.4 is 5.32 Å². The number of morpholine rings is 1. The second kappa shape index (κ2) is 5.43. The fourth-order valence-electron chi connectivity index (χ4n) is 3.89. The lowest BCUT2D eigenvalue weighted by atomic mass is 10.1. The maximum Gasteiger partial charge on any atom is 0.0827 e. The third-order valence-electron chi connectivity index (χ3n) is 5.01. The van der Waals surface area contributed by atoms with Crippen LogP contribution >= 0.6 is 0 Å². The van der Waals surface area contributed by atoms with Crippen LogP contribution in [0.5, 0.6) is 0 Å². The first-order valence-electron chi connectivity index (χ1n) is 7.93. The molecule has 0 amide bonds. The van der Waals surface area contributed by atoms with Crippen LogP contribution in [0.4, 0.5) is 0 Å². The highest BCUT2D eigenvalue weighted by Crippen LogP contribution is 2.29. The summed E-state index contributed by atoms with van der Waals surface area (Å²) in [5.74, 6) is 0. The monoisotopic (exact) mass is 273 g/mol. The highest BCUT2D eigenvalue weighted by molar-refractivity contribution is 5.27. The molecule has 2 aliphatic heterocycles. The molecule has 0 bridgehead atoms. The normalized spacial score (nSPS) is 33.1. The van der Waals surface area contributed by atoms with Crippen molar-refractivity contribution in [2.75, 3.05) is 26.2 Å². The molecule has 4 nitrogen and oxygen atoms in total. The Morgan fingerprint density at radius 1 is 1.40 bits per heavy atom. The molecule has 4 heteroatoms. The van der Waals surface area contributed by atoms with Crippen LogP contribution in [-0.2, 0) is 11.2 Å². The Labute approximate surface area is 120 Å². The second-order valence-corrected chi connectivity index (χ2v) is 6.29. The zero-order valence-electron chi connectivity index (χ0n) is 11.9. The molecule has 108 valence electrons. The summed E-state index contributed by atoms with van der Waals surface area (Å²) in [5.41, 5.74) is 2.66. The molecular formula is C16H23N3O. The summed E-state index contributed by atoms with van der Waals surface area (Å²) in [4.78, 5) is 7.15. The van der Waals surface area contributed by atoms with E-state index in [1.807, 2.05) is 12.3 Å². The van der Waals surface area contributed by atoms with Gasteiger partial charge in [0.1, 0.15) is 0 Å².